The zero-order valence-corrected chi connectivity index (χ0v) is 19.2. The fraction of sp³-hybridized carbons (Fsp3) is 0.682. The lowest BCUT2D eigenvalue weighted by Gasteiger charge is -2.40. The molecule has 1 aromatic rings. The van der Waals surface area contributed by atoms with Gasteiger partial charge in [0, 0.05) is 18.1 Å². The van der Waals surface area contributed by atoms with E-state index < -0.39 is 91.7 Å². The van der Waals surface area contributed by atoms with Crippen molar-refractivity contribution in [3.8, 4) is 17.2 Å². The first-order chi connectivity index (χ1) is 16.4. The molecule has 0 aliphatic carbocycles. The third-order valence-electron chi connectivity index (χ3n) is 6.29. The molecule has 35 heavy (non-hydrogen) atoms. The summed E-state index contributed by atoms with van der Waals surface area (Å²) >= 11 is 0. The van der Waals surface area contributed by atoms with E-state index in [1.165, 1.54) is 0 Å². The van der Waals surface area contributed by atoms with E-state index in [-0.39, 0.29) is 11.3 Å². The molecule has 0 amide bonds. The van der Waals surface area contributed by atoms with Gasteiger partial charge in [-0.2, -0.15) is 0 Å². The van der Waals surface area contributed by atoms with Crippen molar-refractivity contribution >= 4 is 5.78 Å². The van der Waals surface area contributed by atoms with Crippen LogP contribution in [0, 0.1) is 5.92 Å². The van der Waals surface area contributed by atoms with Crippen molar-refractivity contribution in [3.05, 3.63) is 17.7 Å². The van der Waals surface area contributed by atoms with Gasteiger partial charge >= 0.3 is 0 Å². The minimum absolute atomic E-state index is 0.257. The van der Waals surface area contributed by atoms with Crippen molar-refractivity contribution in [2.24, 2.45) is 5.92 Å². The van der Waals surface area contributed by atoms with Crippen molar-refractivity contribution in [3.63, 3.8) is 0 Å². The Labute approximate surface area is 200 Å². The second kappa shape index (κ2) is 10.9. The molecule has 0 aromatic heterocycles. The third kappa shape index (κ3) is 5.53. The van der Waals surface area contributed by atoms with Crippen LogP contribution in [0.15, 0.2) is 12.1 Å². The number of ether oxygens (including phenoxy) is 4. The number of ketones is 1. The van der Waals surface area contributed by atoms with E-state index in [1.54, 1.807) is 13.8 Å². The topological polar surface area (TPSA) is 216 Å². The molecule has 0 spiro atoms. The molecule has 13 nitrogen and oxygen atoms in total. The molecule has 0 bridgehead atoms. The third-order valence-corrected chi connectivity index (χ3v) is 6.29. The molecule has 2 saturated heterocycles. The van der Waals surface area contributed by atoms with Gasteiger partial charge in [0.15, 0.2) is 12.1 Å². The normalized spacial score (nSPS) is 36.2. The molecular weight excluding hydrogens is 472 g/mol. The summed E-state index contributed by atoms with van der Waals surface area (Å²) in [5.41, 5.74) is -2.19. The molecule has 0 unspecified atom stereocenters. The molecule has 0 radical (unpaired) electrons. The number of Topliss-reactive ketones (excluding diaryl/α,β-unsaturated/α-hetero) is 1. The van der Waals surface area contributed by atoms with Crippen molar-refractivity contribution < 1.29 is 64.6 Å². The van der Waals surface area contributed by atoms with Crippen LogP contribution >= 0.6 is 0 Å². The number of aliphatic hydroxyl groups is 6. The first-order valence-corrected chi connectivity index (χ1v) is 11.1. The highest BCUT2D eigenvalue weighted by atomic mass is 16.7. The van der Waals surface area contributed by atoms with Gasteiger partial charge in [0.1, 0.15) is 58.9 Å². The van der Waals surface area contributed by atoms with E-state index in [2.05, 4.69) is 0 Å². The maximum Gasteiger partial charge on any atom is 0.229 e. The molecule has 2 heterocycles. The quantitative estimate of drug-likeness (QED) is 0.170. The van der Waals surface area contributed by atoms with Gasteiger partial charge in [0.25, 0.3) is 0 Å². The average Bonchev–Trinajstić information content (AvgIpc) is 3.11. The van der Waals surface area contributed by atoms with Crippen LogP contribution < -0.4 is 4.74 Å². The zero-order chi connectivity index (χ0) is 26.1. The molecule has 8 N–H and O–H groups in total. The number of aromatic hydroxyl groups is 2. The van der Waals surface area contributed by atoms with E-state index in [0.717, 1.165) is 12.1 Å². The second-order valence-corrected chi connectivity index (χ2v) is 8.86. The zero-order valence-electron chi connectivity index (χ0n) is 19.2. The van der Waals surface area contributed by atoms with Crippen molar-refractivity contribution in [2.45, 2.75) is 69.0 Å². The number of rotatable bonds is 9. The van der Waals surface area contributed by atoms with Crippen LogP contribution in [0.2, 0.25) is 0 Å². The number of phenols is 2. The molecule has 1 aromatic carbocycles. The number of benzene rings is 1. The lowest BCUT2D eigenvalue weighted by atomic mass is 9.95. The number of phenolic OH excluding ortho intramolecular Hbond substituents is 2. The van der Waals surface area contributed by atoms with Crippen LogP contribution in [-0.4, -0.2) is 115 Å². The summed E-state index contributed by atoms with van der Waals surface area (Å²) in [7, 11) is 0. The maximum atomic E-state index is 12.8. The standard InChI is InChI=1S/C22H32O13/c1-3-9(2)15(26)14-11(25)4-10(24)5-12(14)34-20-18(29)17(28)16(27)13(35-20)6-32-21-19(30)22(31,7-23)8-33-21/h4-5,9,13,16-21,23-25,27-31H,3,6-8H2,1-2H3/t9-,13+,16+,17-,18+,19-,20+,21+,22+/m0/s1. The summed E-state index contributed by atoms with van der Waals surface area (Å²) in [6, 6.07) is 1.99. The Hall–Kier alpha value is -2.07. The number of carbonyl (C=O) groups is 1. The van der Waals surface area contributed by atoms with Gasteiger partial charge in [-0.15, -0.1) is 0 Å². The largest absolute Gasteiger partial charge is 0.508 e. The molecule has 2 aliphatic heterocycles. The molecule has 13 heteroatoms. The van der Waals surface area contributed by atoms with Crippen LogP contribution in [-0.2, 0) is 14.2 Å². The van der Waals surface area contributed by atoms with Gasteiger partial charge in [-0.25, -0.2) is 0 Å². The van der Waals surface area contributed by atoms with Gasteiger partial charge in [0.2, 0.25) is 6.29 Å². The lowest BCUT2D eigenvalue weighted by Crippen LogP contribution is -2.60. The van der Waals surface area contributed by atoms with Crippen LogP contribution in [0.25, 0.3) is 0 Å². The smallest absolute Gasteiger partial charge is 0.229 e. The van der Waals surface area contributed by atoms with E-state index >= 15 is 0 Å². The molecular formula is C22H32O13. The number of hydrogen-bond acceptors (Lipinski definition) is 13. The predicted octanol–water partition coefficient (Wildman–Crippen LogP) is -2.03. The van der Waals surface area contributed by atoms with E-state index in [9.17, 15) is 45.6 Å². The summed E-state index contributed by atoms with van der Waals surface area (Å²) in [4.78, 5) is 12.8. The minimum atomic E-state index is -1.94. The summed E-state index contributed by atoms with van der Waals surface area (Å²) in [6.45, 7) is 1.70. The Morgan fingerprint density at radius 2 is 1.83 bits per heavy atom. The number of hydrogen-bond donors (Lipinski definition) is 8. The summed E-state index contributed by atoms with van der Waals surface area (Å²) < 4.78 is 21.6. The van der Waals surface area contributed by atoms with Crippen LogP contribution in [0.5, 0.6) is 17.2 Å². The van der Waals surface area contributed by atoms with Crippen molar-refractivity contribution in [1.29, 1.82) is 0 Å². The van der Waals surface area contributed by atoms with E-state index in [0.29, 0.717) is 6.42 Å². The fourth-order valence-electron chi connectivity index (χ4n) is 3.76. The Morgan fingerprint density at radius 3 is 2.43 bits per heavy atom. The Kier molecular flexibility index (Phi) is 8.57. The van der Waals surface area contributed by atoms with E-state index in [4.69, 9.17) is 18.9 Å². The minimum Gasteiger partial charge on any atom is -0.508 e. The van der Waals surface area contributed by atoms with Crippen molar-refractivity contribution in [2.75, 3.05) is 19.8 Å². The summed E-state index contributed by atoms with van der Waals surface area (Å²) in [6.07, 6.45) is -10.8. The highest BCUT2D eigenvalue weighted by molar-refractivity contribution is 6.02. The number of aliphatic hydroxyl groups excluding tert-OH is 5. The molecule has 3 rings (SSSR count). The van der Waals surface area contributed by atoms with Gasteiger partial charge in [0.05, 0.1) is 19.8 Å². The molecule has 2 aliphatic rings. The van der Waals surface area contributed by atoms with Crippen LogP contribution in [0.4, 0.5) is 0 Å². The monoisotopic (exact) mass is 504 g/mol. The van der Waals surface area contributed by atoms with Gasteiger partial charge in [-0.05, 0) is 6.42 Å². The average molecular weight is 504 g/mol. The highest BCUT2D eigenvalue weighted by Gasteiger charge is 2.50. The molecule has 2 fully saturated rings. The second-order valence-electron chi connectivity index (χ2n) is 8.86. The maximum absolute atomic E-state index is 12.8. The van der Waals surface area contributed by atoms with Crippen LogP contribution in [0.1, 0.15) is 30.6 Å². The SMILES string of the molecule is CC[C@H](C)C(=O)c1c(O)cc(O)cc1O[C@@H]1O[C@H](CO[C@@H]2OC[C@](O)(CO)[C@H]2O)[C@@H](O)[C@H](O)[C@H]1O. The fourth-order valence-corrected chi connectivity index (χ4v) is 3.76. The molecule has 198 valence electrons. The first-order valence-electron chi connectivity index (χ1n) is 11.1. The summed E-state index contributed by atoms with van der Waals surface area (Å²) in [5, 5.41) is 80.5. The number of carbonyl (C=O) groups excluding carboxylic acids is 1. The molecule has 9 atom stereocenters. The highest BCUT2D eigenvalue weighted by Crippen LogP contribution is 2.37. The van der Waals surface area contributed by atoms with Gasteiger partial charge in [-0.1, -0.05) is 13.8 Å². The Bertz CT molecular complexity index is 894. The molecule has 0 saturated carbocycles. The van der Waals surface area contributed by atoms with Crippen LogP contribution in [0.3, 0.4) is 0 Å². The van der Waals surface area contributed by atoms with Gasteiger partial charge < -0.3 is 59.8 Å². The first kappa shape index (κ1) is 27.5. The Morgan fingerprint density at radius 1 is 1.14 bits per heavy atom. The Balaban J connectivity index is 1.78. The van der Waals surface area contributed by atoms with Gasteiger partial charge in [-0.3, -0.25) is 4.79 Å². The lowest BCUT2D eigenvalue weighted by molar-refractivity contribution is -0.289. The van der Waals surface area contributed by atoms with E-state index in [1.807, 2.05) is 0 Å². The summed E-state index contributed by atoms with van der Waals surface area (Å²) in [5.74, 6) is -2.31. The predicted molar refractivity (Wildman–Crippen MR) is 115 cm³/mol. The van der Waals surface area contributed by atoms with Crippen molar-refractivity contribution in [1.82, 2.24) is 0 Å².